The molecular weight excluding hydrogens is 378 g/mol. The number of rotatable bonds is 1. The summed E-state index contributed by atoms with van der Waals surface area (Å²) in [4.78, 5) is 11.9. The lowest BCUT2D eigenvalue weighted by atomic mass is 10.2. The second kappa shape index (κ2) is 4.97. The van der Waals surface area contributed by atoms with Gasteiger partial charge in [0.2, 0.25) is 0 Å². The molecule has 0 radical (unpaired) electrons. The number of likely N-dealkylation sites (N-methyl/N-ethyl adjacent to an activating group) is 1. The molecule has 2 bridgehead atoms. The highest BCUT2D eigenvalue weighted by Crippen LogP contribution is 2.39. The standard InChI is InChI=1S/C14H12BrClF2N4/c1-21-4-7-2-6(21)5-22(7)13-8-3-9(16)10(15)11(17)12(8)19-14(18)20-13/h3,6-7H,2,4-5H2,1H3. The molecular formula is C14H12BrClF2N4. The van der Waals surface area contributed by atoms with Crippen LogP contribution in [-0.4, -0.2) is 47.1 Å². The van der Waals surface area contributed by atoms with Crippen LogP contribution < -0.4 is 4.90 Å². The summed E-state index contributed by atoms with van der Waals surface area (Å²) in [5.74, 6) is -0.233. The first-order valence-electron chi connectivity index (χ1n) is 6.93. The molecule has 0 aliphatic carbocycles. The van der Waals surface area contributed by atoms with Crippen molar-refractivity contribution in [3.05, 3.63) is 27.5 Å². The third-order valence-electron chi connectivity index (χ3n) is 4.57. The predicted molar refractivity (Wildman–Crippen MR) is 84.3 cm³/mol. The molecule has 2 aliphatic rings. The number of anilines is 1. The van der Waals surface area contributed by atoms with Gasteiger partial charge in [-0.05, 0) is 35.5 Å². The highest BCUT2D eigenvalue weighted by molar-refractivity contribution is 9.10. The number of hydrogen-bond acceptors (Lipinski definition) is 4. The van der Waals surface area contributed by atoms with E-state index in [0.717, 1.165) is 19.5 Å². The van der Waals surface area contributed by atoms with Gasteiger partial charge in [-0.1, -0.05) is 11.6 Å². The van der Waals surface area contributed by atoms with Gasteiger partial charge in [0, 0.05) is 30.6 Å². The van der Waals surface area contributed by atoms with Gasteiger partial charge in [-0.25, -0.2) is 4.39 Å². The average Bonchev–Trinajstić information content (AvgIpc) is 3.04. The van der Waals surface area contributed by atoms with Gasteiger partial charge >= 0.3 is 6.08 Å². The summed E-state index contributed by atoms with van der Waals surface area (Å²) in [6, 6.07) is 2.28. The van der Waals surface area contributed by atoms with Crippen molar-refractivity contribution < 1.29 is 8.78 Å². The SMILES string of the molecule is CN1CC2CC1CN2c1nc(F)nc2c(F)c(Br)c(Cl)cc12. The van der Waals surface area contributed by atoms with Crippen LogP contribution in [-0.2, 0) is 0 Å². The minimum absolute atomic E-state index is 0.0464. The first-order chi connectivity index (χ1) is 10.5. The van der Waals surface area contributed by atoms with Crippen LogP contribution in [0, 0.1) is 11.9 Å². The number of hydrogen-bond donors (Lipinski definition) is 0. The molecule has 2 aliphatic heterocycles. The summed E-state index contributed by atoms with van der Waals surface area (Å²) in [5, 5.41) is 0.672. The highest BCUT2D eigenvalue weighted by atomic mass is 79.9. The van der Waals surface area contributed by atoms with Gasteiger partial charge in [0.15, 0.2) is 5.82 Å². The van der Waals surface area contributed by atoms with Crippen LogP contribution in [0.4, 0.5) is 14.6 Å². The summed E-state index contributed by atoms with van der Waals surface area (Å²) in [6.45, 7) is 1.65. The molecule has 2 atom stereocenters. The van der Waals surface area contributed by atoms with Crippen LogP contribution in [0.15, 0.2) is 10.5 Å². The number of aromatic nitrogens is 2. The number of nitrogens with zero attached hydrogens (tertiary/aromatic N) is 4. The molecule has 3 heterocycles. The molecule has 2 aromatic rings. The monoisotopic (exact) mass is 388 g/mol. The smallest absolute Gasteiger partial charge is 0.311 e. The molecule has 1 aromatic heterocycles. The van der Waals surface area contributed by atoms with E-state index in [1.165, 1.54) is 0 Å². The first kappa shape index (κ1) is 14.5. The zero-order valence-corrected chi connectivity index (χ0v) is 14.0. The summed E-state index contributed by atoms with van der Waals surface area (Å²) in [7, 11) is 2.08. The van der Waals surface area contributed by atoms with Gasteiger partial charge in [0.25, 0.3) is 0 Å². The minimum atomic E-state index is -0.924. The van der Waals surface area contributed by atoms with Crippen molar-refractivity contribution in [1.82, 2.24) is 14.9 Å². The van der Waals surface area contributed by atoms with Crippen LogP contribution >= 0.6 is 27.5 Å². The molecule has 8 heteroatoms. The fraction of sp³-hybridized carbons (Fsp3) is 0.429. The quantitative estimate of drug-likeness (QED) is 0.554. The molecule has 2 saturated heterocycles. The number of halogens is 4. The van der Waals surface area contributed by atoms with Crippen molar-refractivity contribution in [1.29, 1.82) is 0 Å². The van der Waals surface area contributed by atoms with E-state index >= 15 is 0 Å². The Balaban J connectivity index is 1.91. The fourth-order valence-electron chi connectivity index (χ4n) is 3.47. The Hall–Kier alpha value is -1.05. The van der Waals surface area contributed by atoms with Crippen molar-refractivity contribution in [2.24, 2.45) is 0 Å². The van der Waals surface area contributed by atoms with Crippen molar-refractivity contribution in [3.63, 3.8) is 0 Å². The Bertz CT molecular complexity index is 785. The summed E-state index contributed by atoms with van der Waals surface area (Å²) >= 11 is 9.11. The molecule has 2 unspecified atom stereocenters. The second-order valence-electron chi connectivity index (χ2n) is 5.83. The molecule has 0 N–H and O–H groups in total. The molecule has 22 heavy (non-hydrogen) atoms. The average molecular weight is 390 g/mol. The summed E-state index contributed by atoms with van der Waals surface area (Å²) in [6.07, 6.45) is 0.0860. The Labute approximate surface area is 139 Å². The number of piperazine rings is 1. The van der Waals surface area contributed by atoms with Crippen LogP contribution in [0.5, 0.6) is 0 Å². The third kappa shape index (κ3) is 2.02. The maximum Gasteiger partial charge on any atom is 0.311 e. The predicted octanol–water partition coefficient (Wildman–Crippen LogP) is 3.22. The lowest BCUT2D eigenvalue weighted by Crippen LogP contribution is -2.45. The van der Waals surface area contributed by atoms with Crippen molar-refractivity contribution >= 4 is 44.3 Å². The van der Waals surface area contributed by atoms with E-state index in [0.29, 0.717) is 17.2 Å². The summed E-state index contributed by atoms with van der Waals surface area (Å²) in [5.41, 5.74) is -0.0464. The topological polar surface area (TPSA) is 32.3 Å². The molecule has 0 amide bonds. The molecule has 4 rings (SSSR count). The van der Waals surface area contributed by atoms with Gasteiger partial charge in [0.05, 0.1) is 9.50 Å². The second-order valence-corrected chi connectivity index (χ2v) is 7.03. The molecule has 4 nitrogen and oxygen atoms in total. The zero-order valence-electron chi connectivity index (χ0n) is 11.7. The molecule has 0 saturated carbocycles. The normalized spacial score (nSPS) is 24.7. The van der Waals surface area contributed by atoms with Crippen molar-refractivity contribution in [3.8, 4) is 0 Å². The first-order valence-corrected chi connectivity index (χ1v) is 8.10. The van der Waals surface area contributed by atoms with E-state index < -0.39 is 11.9 Å². The number of likely N-dealkylation sites (tertiary alicyclic amines) is 1. The Morgan fingerprint density at radius 1 is 1.27 bits per heavy atom. The van der Waals surface area contributed by atoms with Gasteiger partial charge in [-0.3, -0.25) is 4.90 Å². The van der Waals surface area contributed by atoms with E-state index in [1.54, 1.807) is 6.07 Å². The van der Waals surface area contributed by atoms with E-state index in [4.69, 9.17) is 11.6 Å². The van der Waals surface area contributed by atoms with E-state index in [-0.39, 0.29) is 21.1 Å². The molecule has 0 spiro atoms. The Morgan fingerprint density at radius 3 is 2.68 bits per heavy atom. The lowest BCUT2D eigenvalue weighted by molar-refractivity contribution is 0.292. The van der Waals surface area contributed by atoms with Crippen molar-refractivity contribution in [2.45, 2.75) is 18.5 Å². The third-order valence-corrected chi connectivity index (χ3v) is 5.87. The summed E-state index contributed by atoms with van der Waals surface area (Å²) < 4.78 is 28.2. The van der Waals surface area contributed by atoms with Crippen LogP contribution in [0.1, 0.15) is 6.42 Å². The lowest BCUT2D eigenvalue weighted by Gasteiger charge is -2.33. The van der Waals surface area contributed by atoms with Gasteiger partial charge < -0.3 is 4.90 Å². The van der Waals surface area contributed by atoms with Gasteiger partial charge in [-0.15, -0.1) is 0 Å². The zero-order chi connectivity index (χ0) is 15.6. The maximum absolute atomic E-state index is 14.3. The van der Waals surface area contributed by atoms with E-state index in [9.17, 15) is 8.78 Å². The van der Waals surface area contributed by atoms with Crippen LogP contribution in [0.2, 0.25) is 5.02 Å². The van der Waals surface area contributed by atoms with Crippen molar-refractivity contribution in [2.75, 3.05) is 25.0 Å². The highest BCUT2D eigenvalue weighted by Gasteiger charge is 2.42. The van der Waals surface area contributed by atoms with Crippen LogP contribution in [0.25, 0.3) is 10.9 Å². The molecule has 1 aromatic carbocycles. The van der Waals surface area contributed by atoms with E-state index in [2.05, 4.69) is 37.8 Å². The van der Waals surface area contributed by atoms with Gasteiger partial charge in [0.1, 0.15) is 11.3 Å². The molecule has 116 valence electrons. The fourth-order valence-corrected chi connectivity index (χ4v) is 3.97. The van der Waals surface area contributed by atoms with Crippen LogP contribution in [0.3, 0.4) is 0 Å². The van der Waals surface area contributed by atoms with Gasteiger partial charge in [-0.2, -0.15) is 14.4 Å². The largest absolute Gasteiger partial charge is 0.350 e. The number of fused-ring (bicyclic) bond motifs is 3. The minimum Gasteiger partial charge on any atom is -0.350 e. The Morgan fingerprint density at radius 2 is 2.05 bits per heavy atom. The maximum atomic E-state index is 14.3. The number of benzene rings is 1. The van der Waals surface area contributed by atoms with E-state index in [1.807, 2.05) is 4.90 Å². The molecule has 2 fully saturated rings. The Kier molecular flexibility index (Phi) is 3.29.